The van der Waals surface area contributed by atoms with E-state index in [4.69, 9.17) is 5.11 Å². The molecule has 8 nitrogen and oxygen atoms in total. The van der Waals surface area contributed by atoms with Crippen LogP contribution in [0.5, 0.6) is 0 Å². The second kappa shape index (κ2) is 6.25. The van der Waals surface area contributed by atoms with Crippen molar-refractivity contribution in [3.8, 4) is 0 Å². The molecule has 0 bridgehead atoms. The number of benzene rings is 1. The highest BCUT2D eigenvalue weighted by atomic mass is 19.1. The molecule has 2 aliphatic rings. The molecule has 2 aliphatic heterocycles. The summed E-state index contributed by atoms with van der Waals surface area (Å²) in [6, 6.07) is 1.11. The number of rotatable bonds is 4. The third-order valence-electron chi connectivity index (χ3n) is 4.35. The van der Waals surface area contributed by atoms with Gasteiger partial charge >= 0.3 is 0 Å². The number of anilines is 1. The van der Waals surface area contributed by atoms with Gasteiger partial charge in [0.1, 0.15) is 11.9 Å². The van der Waals surface area contributed by atoms with Gasteiger partial charge in [-0.1, -0.05) is 0 Å². The van der Waals surface area contributed by atoms with Crippen LogP contribution in [0, 0.1) is 5.82 Å². The van der Waals surface area contributed by atoms with Crippen molar-refractivity contribution >= 4 is 29.3 Å². The SMILES string of the molecule is CN(CCO)c1cc2c(cc1F)C(=O)N(C1CCC(=O)NC1=O)C2=O. The highest BCUT2D eigenvalue weighted by molar-refractivity contribution is 6.23. The Hall–Kier alpha value is -2.81. The highest BCUT2D eigenvalue weighted by Crippen LogP contribution is 2.32. The van der Waals surface area contributed by atoms with E-state index in [1.54, 1.807) is 7.05 Å². The van der Waals surface area contributed by atoms with Gasteiger partial charge in [-0.15, -0.1) is 0 Å². The summed E-state index contributed by atoms with van der Waals surface area (Å²) in [5.41, 5.74) is -0.0525. The molecule has 0 aliphatic carbocycles. The molecule has 1 aromatic rings. The number of imide groups is 2. The Morgan fingerprint density at radius 1 is 1.24 bits per heavy atom. The lowest BCUT2D eigenvalue weighted by molar-refractivity contribution is -0.136. The summed E-state index contributed by atoms with van der Waals surface area (Å²) in [5.74, 6) is -3.35. The van der Waals surface area contributed by atoms with Crippen LogP contribution in [-0.4, -0.2) is 59.9 Å². The Labute approximate surface area is 142 Å². The summed E-state index contributed by atoms with van der Waals surface area (Å²) < 4.78 is 14.3. The fourth-order valence-electron chi connectivity index (χ4n) is 3.04. The first kappa shape index (κ1) is 17.0. The van der Waals surface area contributed by atoms with E-state index >= 15 is 0 Å². The van der Waals surface area contributed by atoms with Gasteiger partial charge in [-0.3, -0.25) is 29.4 Å². The molecule has 132 valence electrons. The van der Waals surface area contributed by atoms with E-state index in [1.165, 1.54) is 11.0 Å². The quantitative estimate of drug-likeness (QED) is 0.720. The van der Waals surface area contributed by atoms with Crippen molar-refractivity contribution in [1.82, 2.24) is 10.2 Å². The molecule has 1 aromatic carbocycles. The van der Waals surface area contributed by atoms with Crippen LogP contribution in [0.25, 0.3) is 0 Å². The van der Waals surface area contributed by atoms with E-state index in [0.717, 1.165) is 11.0 Å². The minimum Gasteiger partial charge on any atom is -0.395 e. The molecule has 1 unspecified atom stereocenters. The first-order valence-corrected chi connectivity index (χ1v) is 7.72. The Kier molecular flexibility index (Phi) is 4.25. The number of hydrogen-bond donors (Lipinski definition) is 2. The van der Waals surface area contributed by atoms with Crippen molar-refractivity contribution in [3.63, 3.8) is 0 Å². The van der Waals surface area contributed by atoms with Gasteiger partial charge in [0.05, 0.1) is 23.4 Å². The van der Waals surface area contributed by atoms with Gasteiger partial charge in [-0.25, -0.2) is 4.39 Å². The van der Waals surface area contributed by atoms with Crippen LogP contribution in [0.4, 0.5) is 10.1 Å². The lowest BCUT2D eigenvalue weighted by atomic mass is 10.0. The van der Waals surface area contributed by atoms with Crippen molar-refractivity contribution in [3.05, 3.63) is 29.1 Å². The van der Waals surface area contributed by atoms with Crippen LogP contribution in [-0.2, 0) is 9.59 Å². The zero-order valence-electron chi connectivity index (χ0n) is 13.4. The van der Waals surface area contributed by atoms with E-state index in [0.29, 0.717) is 0 Å². The van der Waals surface area contributed by atoms with Gasteiger partial charge in [-0.05, 0) is 18.6 Å². The molecule has 4 amide bonds. The first-order valence-electron chi connectivity index (χ1n) is 7.72. The molecule has 2 N–H and O–H groups in total. The number of aliphatic hydroxyl groups is 1. The maximum atomic E-state index is 14.3. The number of amides is 4. The van der Waals surface area contributed by atoms with E-state index in [9.17, 15) is 23.6 Å². The topological polar surface area (TPSA) is 107 Å². The summed E-state index contributed by atoms with van der Waals surface area (Å²) in [6.07, 6.45) is 0.0541. The second-order valence-electron chi connectivity index (χ2n) is 5.94. The molecule has 3 rings (SSSR count). The first-order chi connectivity index (χ1) is 11.8. The number of aliphatic hydroxyl groups excluding tert-OH is 1. The minimum atomic E-state index is -1.09. The Morgan fingerprint density at radius 2 is 1.88 bits per heavy atom. The van der Waals surface area contributed by atoms with Crippen molar-refractivity contribution in [2.45, 2.75) is 18.9 Å². The molecule has 1 saturated heterocycles. The lowest BCUT2D eigenvalue weighted by Gasteiger charge is -2.27. The number of carbonyl (C=O) groups excluding carboxylic acids is 4. The number of nitrogens with one attached hydrogen (secondary N) is 1. The molecule has 1 fully saturated rings. The van der Waals surface area contributed by atoms with E-state index < -0.39 is 35.5 Å². The molecular formula is C16H16FN3O5. The standard InChI is InChI=1S/C16H16FN3O5/c1-19(4-5-21)12-7-9-8(6-10(12)17)15(24)20(16(9)25)11-2-3-13(22)18-14(11)23/h6-7,11,21H,2-5H2,1H3,(H,18,22,23). The van der Waals surface area contributed by atoms with E-state index in [2.05, 4.69) is 5.32 Å². The van der Waals surface area contributed by atoms with Crippen molar-refractivity contribution in [2.24, 2.45) is 0 Å². The summed E-state index contributed by atoms with van der Waals surface area (Å²) in [5, 5.41) is 11.1. The normalized spacial score (nSPS) is 20.0. The summed E-state index contributed by atoms with van der Waals surface area (Å²) in [7, 11) is 1.54. The van der Waals surface area contributed by atoms with Crippen LogP contribution in [0.3, 0.4) is 0 Å². The predicted octanol–water partition coefficient (Wildman–Crippen LogP) is -0.345. The van der Waals surface area contributed by atoms with E-state index in [-0.39, 0.29) is 42.8 Å². The van der Waals surface area contributed by atoms with Crippen LogP contribution in [0.1, 0.15) is 33.6 Å². The average molecular weight is 349 g/mol. The fourth-order valence-corrected chi connectivity index (χ4v) is 3.04. The van der Waals surface area contributed by atoms with Crippen molar-refractivity contribution < 1.29 is 28.7 Å². The summed E-state index contributed by atoms with van der Waals surface area (Å²) >= 11 is 0. The molecule has 0 saturated carbocycles. The van der Waals surface area contributed by atoms with E-state index in [1.807, 2.05) is 0 Å². The van der Waals surface area contributed by atoms with Crippen LogP contribution >= 0.6 is 0 Å². The van der Waals surface area contributed by atoms with Gasteiger partial charge in [0.2, 0.25) is 11.8 Å². The third-order valence-corrected chi connectivity index (χ3v) is 4.35. The van der Waals surface area contributed by atoms with Gasteiger partial charge in [0.15, 0.2) is 0 Å². The van der Waals surface area contributed by atoms with Crippen LogP contribution in [0.2, 0.25) is 0 Å². The van der Waals surface area contributed by atoms with Crippen molar-refractivity contribution in [2.75, 3.05) is 25.1 Å². The molecule has 9 heteroatoms. The molecule has 0 aromatic heterocycles. The molecule has 1 atom stereocenters. The largest absolute Gasteiger partial charge is 0.395 e. The molecule has 0 radical (unpaired) electrons. The number of piperidine rings is 1. The predicted molar refractivity (Wildman–Crippen MR) is 83.4 cm³/mol. The average Bonchev–Trinajstić information content (AvgIpc) is 2.78. The lowest BCUT2D eigenvalue weighted by Crippen LogP contribution is -2.54. The number of fused-ring (bicyclic) bond motifs is 1. The number of halogens is 1. The Bertz CT molecular complexity index is 794. The maximum absolute atomic E-state index is 14.3. The fraction of sp³-hybridized carbons (Fsp3) is 0.375. The monoisotopic (exact) mass is 349 g/mol. The Balaban J connectivity index is 1.96. The van der Waals surface area contributed by atoms with Gasteiger partial charge in [0, 0.05) is 20.0 Å². The Morgan fingerprint density at radius 3 is 2.48 bits per heavy atom. The summed E-state index contributed by atoms with van der Waals surface area (Å²) in [6.45, 7) is -0.0585. The minimum absolute atomic E-state index is 0.00381. The maximum Gasteiger partial charge on any atom is 0.262 e. The number of likely N-dealkylation sites (N-methyl/N-ethyl adjacent to an activating group) is 1. The van der Waals surface area contributed by atoms with Gasteiger partial charge in [-0.2, -0.15) is 0 Å². The highest BCUT2D eigenvalue weighted by Gasteiger charge is 2.45. The number of carbonyl (C=O) groups is 4. The molecule has 0 spiro atoms. The van der Waals surface area contributed by atoms with Gasteiger partial charge < -0.3 is 10.0 Å². The van der Waals surface area contributed by atoms with Gasteiger partial charge in [0.25, 0.3) is 11.8 Å². The molecular weight excluding hydrogens is 333 g/mol. The third kappa shape index (κ3) is 2.76. The number of nitrogens with zero attached hydrogens (tertiary/aromatic N) is 2. The number of hydrogen-bond acceptors (Lipinski definition) is 6. The zero-order chi connectivity index (χ0) is 18.3. The zero-order valence-corrected chi connectivity index (χ0v) is 13.4. The van der Waals surface area contributed by atoms with Crippen molar-refractivity contribution in [1.29, 1.82) is 0 Å². The second-order valence-corrected chi connectivity index (χ2v) is 5.94. The van der Waals surface area contributed by atoms with Crippen LogP contribution in [0.15, 0.2) is 12.1 Å². The van der Waals surface area contributed by atoms with Crippen LogP contribution < -0.4 is 10.2 Å². The molecule has 25 heavy (non-hydrogen) atoms. The summed E-state index contributed by atoms with van der Waals surface area (Å²) in [4.78, 5) is 50.6. The smallest absolute Gasteiger partial charge is 0.262 e. The molecule has 2 heterocycles.